The van der Waals surface area contributed by atoms with Crippen LogP contribution in [-0.2, 0) is 4.79 Å². The number of benzene rings is 1. The average Bonchev–Trinajstić information content (AvgIpc) is 2.61. The van der Waals surface area contributed by atoms with Crippen LogP contribution in [-0.4, -0.2) is 5.78 Å². The lowest BCUT2D eigenvalue weighted by atomic mass is 10.2. The number of rotatable bonds is 2. The Labute approximate surface area is 97.5 Å². The third kappa shape index (κ3) is 2.69. The third-order valence-electron chi connectivity index (χ3n) is 2.45. The molecule has 0 aromatic heterocycles. The fraction of sp³-hybridized carbons (Fsp3) is 0.250. The van der Waals surface area contributed by atoms with Crippen molar-refractivity contribution in [2.45, 2.75) is 19.3 Å². The van der Waals surface area contributed by atoms with Gasteiger partial charge in [-0.1, -0.05) is 22.0 Å². The van der Waals surface area contributed by atoms with Crippen LogP contribution in [0.15, 0.2) is 40.5 Å². The standard InChI is InChI=1S/C12H12BrNO/c13-10-4-2-5-11(7-10)14-8-9-3-1-6-12(9)15/h2,4-5,7-8,14H,1,3,6H2/b9-8-. The Morgan fingerprint density at radius 1 is 1.33 bits per heavy atom. The highest BCUT2D eigenvalue weighted by Gasteiger charge is 2.16. The van der Waals surface area contributed by atoms with Crippen LogP contribution in [0.1, 0.15) is 19.3 Å². The maximum Gasteiger partial charge on any atom is 0.160 e. The molecule has 1 saturated carbocycles. The zero-order chi connectivity index (χ0) is 10.7. The first-order valence-electron chi connectivity index (χ1n) is 5.00. The van der Waals surface area contributed by atoms with E-state index in [-0.39, 0.29) is 5.78 Å². The summed E-state index contributed by atoms with van der Waals surface area (Å²) >= 11 is 3.40. The number of carbonyl (C=O) groups is 1. The molecule has 0 radical (unpaired) electrons. The Bertz CT molecular complexity index is 412. The summed E-state index contributed by atoms with van der Waals surface area (Å²) in [6.45, 7) is 0. The van der Waals surface area contributed by atoms with Crippen LogP contribution in [0.3, 0.4) is 0 Å². The number of allylic oxidation sites excluding steroid dienone is 1. The van der Waals surface area contributed by atoms with Gasteiger partial charge in [0.15, 0.2) is 5.78 Å². The van der Waals surface area contributed by atoms with Gasteiger partial charge in [-0.05, 0) is 31.0 Å². The smallest absolute Gasteiger partial charge is 0.160 e. The van der Waals surface area contributed by atoms with Crippen molar-refractivity contribution in [2.75, 3.05) is 5.32 Å². The predicted molar refractivity (Wildman–Crippen MR) is 64.7 cm³/mol. The molecule has 1 aliphatic carbocycles. The summed E-state index contributed by atoms with van der Waals surface area (Å²) in [7, 11) is 0. The fourth-order valence-corrected chi connectivity index (χ4v) is 2.04. The van der Waals surface area contributed by atoms with E-state index in [1.807, 2.05) is 30.5 Å². The number of anilines is 1. The average molecular weight is 266 g/mol. The number of nitrogens with one attached hydrogen (secondary N) is 1. The molecule has 15 heavy (non-hydrogen) atoms. The summed E-state index contributed by atoms with van der Waals surface area (Å²) in [6.07, 6.45) is 4.42. The van der Waals surface area contributed by atoms with Gasteiger partial charge in [-0.2, -0.15) is 0 Å². The molecule has 0 atom stereocenters. The zero-order valence-corrected chi connectivity index (χ0v) is 9.88. The second-order valence-electron chi connectivity index (χ2n) is 3.60. The summed E-state index contributed by atoms with van der Waals surface area (Å²) in [4.78, 5) is 11.3. The van der Waals surface area contributed by atoms with Crippen molar-refractivity contribution in [2.24, 2.45) is 0 Å². The number of carbonyl (C=O) groups excluding carboxylic acids is 1. The lowest BCUT2D eigenvalue weighted by Gasteiger charge is -2.02. The van der Waals surface area contributed by atoms with E-state index < -0.39 is 0 Å². The van der Waals surface area contributed by atoms with E-state index in [1.54, 1.807) is 0 Å². The Morgan fingerprint density at radius 3 is 2.87 bits per heavy atom. The number of ketones is 1. The predicted octanol–water partition coefficient (Wildman–Crippen LogP) is 3.50. The Hall–Kier alpha value is -1.09. The largest absolute Gasteiger partial charge is 0.361 e. The zero-order valence-electron chi connectivity index (χ0n) is 8.29. The van der Waals surface area contributed by atoms with Gasteiger partial charge in [-0.25, -0.2) is 0 Å². The molecule has 0 bridgehead atoms. The normalized spacial score (nSPS) is 18.5. The van der Waals surface area contributed by atoms with Gasteiger partial charge < -0.3 is 5.32 Å². The molecule has 3 heteroatoms. The number of hydrogen-bond donors (Lipinski definition) is 1. The molecule has 0 amide bonds. The van der Waals surface area contributed by atoms with Crippen LogP contribution >= 0.6 is 15.9 Å². The first-order valence-corrected chi connectivity index (χ1v) is 5.79. The molecule has 0 heterocycles. The summed E-state index contributed by atoms with van der Waals surface area (Å²) < 4.78 is 1.03. The topological polar surface area (TPSA) is 29.1 Å². The summed E-state index contributed by atoms with van der Waals surface area (Å²) in [6, 6.07) is 7.89. The van der Waals surface area contributed by atoms with Gasteiger partial charge >= 0.3 is 0 Å². The molecule has 1 N–H and O–H groups in total. The van der Waals surface area contributed by atoms with E-state index in [2.05, 4.69) is 21.2 Å². The van der Waals surface area contributed by atoms with E-state index in [9.17, 15) is 4.79 Å². The van der Waals surface area contributed by atoms with E-state index in [0.717, 1.165) is 28.6 Å². The van der Waals surface area contributed by atoms with Crippen molar-refractivity contribution in [3.63, 3.8) is 0 Å². The number of hydrogen-bond acceptors (Lipinski definition) is 2. The molecule has 0 unspecified atom stereocenters. The highest BCUT2D eigenvalue weighted by atomic mass is 79.9. The van der Waals surface area contributed by atoms with Crippen LogP contribution in [0.4, 0.5) is 5.69 Å². The van der Waals surface area contributed by atoms with Crippen molar-refractivity contribution in [3.05, 3.63) is 40.5 Å². The monoisotopic (exact) mass is 265 g/mol. The minimum Gasteiger partial charge on any atom is -0.361 e. The van der Waals surface area contributed by atoms with E-state index in [1.165, 1.54) is 0 Å². The quantitative estimate of drug-likeness (QED) is 0.830. The maximum atomic E-state index is 11.3. The molecule has 0 spiro atoms. The molecule has 78 valence electrons. The van der Waals surface area contributed by atoms with Gasteiger partial charge in [0.05, 0.1) is 0 Å². The van der Waals surface area contributed by atoms with E-state index in [4.69, 9.17) is 0 Å². The number of halogens is 1. The summed E-state index contributed by atoms with van der Waals surface area (Å²) in [5.41, 5.74) is 1.91. The molecular formula is C12H12BrNO. The molecular weight excluding hydrogens is 254 g/mol. The van der Waals surface area contributed by atoms with Crippen LogP contribution in [0, 0.1) is 0 Å². The molecule has 1 aliphatic rings. The van der Waals surface area contributed by atoms with Gasteiger partial charge in [0, 0.05) is 28.4 Å². The molecule has 0 saturated heterocycles. The van der Waals surface area contributed by atoms with Crippen LogP contribution in [0.25, 0.3) is 0 Å². The summed E-state index contributed by atoms with van der Waals surface area (Å²) in [5.74, 6) is 0.275. The van der Waals surface area contributed by atoms with Crippen molar-refractivity contribution in [1.29, 1.82) is 0 Å². The molecule has 0 aliphatic heterocycles. The molecule has 2 rings (SSSR count). The lowest BCUT2D eigenvalue weighted by molar-refractivity contribution is -0.114. The Kier molecular flexibility index (Phi) is 3.21. The Balaban J connectivity index is 2.06. The second kappa shape index (κ2) is 4.62. The van der Waals surface area contributed by atoms with Crippen molar-refractivity contribution in [1.82, 2.24) is 0 Å². The van der Waals surface area contributed by atoms with Gasteiger partial charge in [0.2, 0.25) is 0 Å². The maximum absolute atomic E-state index is 11.3. The molecule has 2 nitrogen and oxygen atoms in total. The molecule has 1 aromatic carbocycles. The minimum absolute atomic E-state index is 0.275. The van der Waals surface area contributed by atoms with Gasteiger partial charge in [0.1, 0.15) is 0 Å². The highest BCUT2D eigenvalue weighted by molar-refractivity contribution is 9.10. The van der Waals surface area contributed by atoms with Crippen LogP contribution in [0.5, 0.6) is 0 Å². The van der Waals surface area contributed by atoms with E-state index >= 15 is 0 Å². The lowest BCUT2D eigenvalue weighted by Crippen LogP contribution is -1.96. The van der Waals surface area contributed by atoms with Gasteiger partial charge in [-0.15, -0.1) is 0 Å². The van der Waals surface area contributed by atoms with Gasteiger partial charge in [0.25, 0.3) is 0 Å². The van der Waals surface area contributed by atoms with Crippen molar-refractivity contribution >= 4 is 27.4 Å². The minimum atomic E-state index is 0.275. The highest BCUT2D eigenvalue weighted by Crippen LogP contribution is 2.21. The second-order valence-corrected chi connectivity index (χ2v) is 4.52. The SMILES string of the molecule is O=C1CCC/C1=C/Nc1cccc(Br)c1. The fourth-order valence-electron chi connectivity index (χ4n) is 1.64. The van der Waals surface area contributed by atoms with Crippen LogP contribution in [0.2, 0.25) is 0 Å². The molecule has 1 aromatic rings. The van der Waals surface area contributed by atoms with Crippen molar-refractivity contribution < 1.29 is 4.79 Å². The van der Waals surface area contributed by atoms with Crippen LogP contribution < -0.4 is 5.32 Å². The Morgan fingerprint density at radius 2 is 2.20 bits per heavy atom. The van der Waals surface area contributed by atoms with Gasteiger partial charge in [-0.3, -0.25) is 4.79 Å². The van der Waals surface area contributed by atoms with Crippen molar-refractivity contribution in [3.8, 4) is 0 Å². The van der Waals surface area contributed by atoms with E-state index in [0.29, 0.717) is 6.42 Å². The third-order valence-corrected chi connectivity index (χ3v) is 2.94. The number of Topliss-reactive ketones (excluding diaryl/α,β-unsaturated/α-hetero) is 1. The molecule has 1 fully saturated rings. The summed E-state index contributed by atoms with van der Waals surface area (Å²) in [5, 5.41) is 3.14. The first kappa shape index (κ1) is 10.4. The first-order chi connectivity index (χ1) is 7.25.